The molecule has 0 spiro atoms. The first-order chi connectivity index (χ1) is 16.1. The Kier molecular flexibility index (Phi) is 5.81. The van der Waals surface area contributed by atoms with Gasteiger partial charge in [0.15, 0.2) is 0 Å². The van der Waals surface area contributed by atoms with Crippen LogP contribution in [-0.2, 0) is 5.38 Å². The molecule has 0 aliphatic rings. The average Bonchev–Trinajstić information content (AvgIpc) is 2.79. The van der Waals surface area contributed by atoms with E-state index in [-0.39, 0.29) is 17.1 Å². The third-order valence-corrected chi connectivity index (χ3v) is 5.13. The maximum absolute atomic E-state index is 14.8. The molecule has 1 N–H and O–H groups in total. The van der Waals surface area contributed by atoms with Gasteiger partial charge < -0.3 is 14.5 Å². The number of hydrogen-bond donors (Lipinski definition) is 1. The quantitative estimate of drug-likeness (QED) is 0.409. The van der Waals surface area contributed by atoms with Gasteiger partial charge in [-0.25, -0.2) is 13.8 Å². The Morgan fingerprint density at radius 2 is 1.68 bits per heavy atom. The van der Waals surface area contributed by atoms with Crippen molar-refractivity contribution in [3.8, 4) is 29.0 Å². The lowest BCUT2D eigenvalue weighted by atomic mass is 10.1. The molecule has 0 atom stereocenters. The molecule has 4 aromatic rings. The molecule has 34 heavy (non-hydrogen) atoms. The summed E-state index contributed by atoms with van der Waals surface area (Å²) in [6, 6.07) is 14.2. The number of alkyl halides is 3. The summed E-state index contributed by atoms with van der Waals surface area (Å²) < 4.78 is 52.9. The Bertz CT molecular complexity index is 1550. The van der Waals surface area contributed by atoms with E-state index in [1.54, 1.807) is 47.5 Å². The summed E-state index contributed by atoms with van der Waals surface area (Å²) in [5, 5.41) is 6.77. The largest absolute Gasteiger partial charge is 0.496 e. The van der Waals surface area contributed by atoms with Crippen LogP contribution in [0.4, 0.5) is 13.2 Å². The van der Waals surface area contributed by atoms with Gasteiger partial charge in [0, 0.05) is 22.9 Å². The van der Waals surface area contributed by atoms with Crippen molar-refractivity contribution in [3.05, 3.63) is 92.5 Å². The van der Waals surface area contributed by atoms with Crippen LogP contribution in [-0.4, -0.2) is 16.7 Å². The second-order valence-corrected chi connectivity index (χ2v) is 7.46. The third kappa shape index (κ3) is 4.09. The number of nitrogens with one attached hydrogen (secondary N) is 1. The number of aromatic nitrogens is 2. The highest BCUT2D eigenvalue weighted by Gasteiger charge is 2.31. The van der Waals surface area contributed by atoms with Crippen LogP contribution in [0, 0.1) is 17.1 Å². The Morgan fingerprint density at radius 3 is 2.26 bits per heavy atom. The van der Waals surface area contributed by atoms with Crippen molar-refractivity contribution < 1.29 is 22.6 Å². The second kappa shape index (κ2) is 8.61. The van der Waals surface area contributed by atoms with Crippen LogP contribution >= 0.6 is 11.6 Å². The van der Waals surface area contributed by atoms with E-state index in [2.05, 4.69) is 0 Å². The Morgan fingerprint density at radius 1 is 1.03 bits per heavy atom. The highest BCUT2D eigenvalue weighted by atomic mass is 35.5. The number of methoxy groups -OCH3 is 1. The van der Waals surface area contributed by atoms with E-state index in [0.29, 0.717) is 27.2 Å². The van der Waals surface area contributed by atoms with Gasteiger partial charge in [0.05, 0.1) is 18.4 Å². The molecule has 0 fully saturated rings. The molecule has 0 amide bonds. The minimum atomic E-state index is -4.01. The predicted molar refractivity (Wildman–Crippen MR) is 118 cm³/mol. The highest BCUT2D eigenvalue weighted by molar-refractivity contribution is 6.21. The number of fused-ring (bicyclic) bond motifs is 1. The van der Waals surface area contributed by atoms with Crippen molar-refractivity contribution >= 4 is 22.4 Å². The standard InChI is InChI=1S/C23H13ClF3N3O4/c1-33-17-6-2-5-14-13(17)4-3-7-18(14)34-19-9-16(15(25)8-12(19)11-28)30-21(31)10-20(23(24,26)27)29-22(30)32/h2-10H,1H3,(H,29,32). The minimum absolute atomic E-state index is 0.174. The van der Waals surface area contributed by atoms with Crippen molar-refractivity contribution in [2.75, 3.05) is 7.11 Å². The van der Waals surface area contributed by atoms with E-state index >= 15 is 0 Å². The van der Waals surface area contributed by atoms with E-state index in [1.807, 2.05) is 0 Å². The van der Waals surface area contributed by atoms with Crippen LogP contribution in [0.5, 0.6) is 17.2 Å². The molecule has 0 unspecified atom stereocenters. The number of benzene rings is 3. The van der Waals surface area contributed by atoms with Gasteiger partial charge >= 0.3 is 11.1 Å². The summed E-state index contributed by atoms with van der Waals surface area (Å²) in [5.74, 6) is -0.449. The first-order valence-corrected chi connectivity index (χ1v) is 9.93. The molecular weight excluding hydrogens is 475 g/mol. The van der Waals surface area contributed by atoms with E-state index in [9.17, 15) is 28.0 Å². The van der Waals surface area contributed by atoms with Gasteiger partial charge in [0.25, 0.3) is 5.56 Å². The molecule has 172 valence electrons. The molecule has 0 saturated heterocycles. The molecule has 7 nitrogen and oxygen atoms in total. The van der Waals surface area contributed by atoms with Crippen LogP contribution in [0.2, 0.25) is 0 Å². The van der Waals surface area contributed by atoms with Gasteiger partial charge in [-0.1, -0.05) is 24.3 Å². The maximum atomic E-state index is 14.8. The molecule has 0 bridgehead atoms. The van der Waals surface area contributed by atoms with Crippen LogP contribution in [0.3, 0.4) is 0 Å². The normalized spacial score (nSPS) is 11.3. The zero-order valence-electron chi connectivity index (χ0n) is 17.2. The predicted octanol–water partition coefficient (Wildman–Crippen LogP) is 4.78. The summed E-state index contributed by atoms with van der Waals surface area (Å²) in [7, 11) is 1.50. The Hall–Kier alpha value is -4.23. The topological polar surface area (TPSA) is 97.1 Å². The number of nitriles is 1. The summed E-state index contributed by atoms with van der Waals surface area (Å²) >= 11 is 4.87. The smallest absolute Gasteiger partial charge is 0.362 e. The van der Waals surface area contributed by atoms with Gasteiger partial charge in [-0.2, -0.15) is 14.0 Å². The van der Waals surface area contributed by atoms with E-state index < -0.39 is 33.8 Å². The fourth-order valence-electron chi connectivity index (χ4n) is 3.40. The molecule has 0 aliphatic heterocycles. The summed E-state index contributed by atoms with van der Waals surface area (Å²) in [6.45, 7) is 0. The molecule has 1 aromatic heterocycles. The molecule has 0 aliphatic carbocycles. The number of H-pyrrole nitrogens is 1. The minimum Gasteiger partial charge on any atom is -0.496 e. The van der Waals surface area contributed by atoms with Crippen molar-refractivity contribution in [2.45, 2.75) is 5.38 Å². The van der Waals surface area contributed by atoms with Crippen molar-refractivity contribution in [3.63, 3.8) is 0 Å². The first kappa shape index (κ1) is 22.9. The molecule has 1 heterocycles. The molecular formula is C23H13ClF3N3O4. The van der Waals surface area contributed by atoms with E-state index in [4.69, 9.17) is 21.1 Å². The second-order valence-electron chi connectivity index (χ2n) is 6.98. The fraction of sp³-hybridized carbons (Fsp3) is 0.0870. The van der Waals surface area contributed by atoms with Crippen LogP contribution in [0.15, 0.2) is 64.2 Å². The highest BCUT2D eigenvalue weighted by Crippen LogP contribution is 2.36. The van der Waals surface area contributed by atoms with Crippen molar-refractivity contribution in [1.29, 1.82) is 5.26 Å². The van der Waals surface area contributed by atoms with Gasteiger partial charge in [0.1, 0.15) is 34.8 Å². The van der Waals surface area contributed by atoms with Gasteiger partial charge in [-0.05, 0) is 29.8 Å². The van der Waals surface area contributed by atoms with Crippen LogP contribution in [0.1, 0.15) is 11.3 Å². The molecule has 0 saturated carbocycles. The third-order valence-electron chi connectivity index (χ3n) is 4.93. The van der Waals surface area contributed by atoms with E-state index in [0.717, 1.165) is 12.1 Å². The summed E-state index contributed by atoms with van der Waals surface area (Å²) in [4.78, 5) is 26.5. The number of ether oxygens (including phenoxy) is 2. The zero-order chi connectivity index (χ0) is 24.6. The number of halogens is 4. The SMILES string of the molecule is COc1cccc2c(Oc3cc(-n4c(=O)cc(C(F)(F)Cl)[nH]c4=O)c(F)cc3C#N)cccc12. The Balaban J connectivity index is 1.89. The van der Waals surface area contributed by atoms with Crippen molar-refractivity contribution in [1.82, 2.24) is 9.55 Å². The maximum Gasteiger partial charge on any atom is 0.362 e. The number of hydrogen-bond acceptors (Lipinski definition) is 5. The monoisotopic (exact) mass is 487 g/mol. The molecule has 0 radical (unpaired) electrons. The summed E-state index contributed by atoms with van der Waals surface area (Å²) in [5.41, 5.74) is -4.59. The number of nitrogens with zero attached hydrogens (tertiary/aromatic N) is 2. The van der Waals surface area contributed by atoms with Gasteiger partial charge in [-0.3, -0.25) is 4.79 Å². The fourth-order valence-corrected chi connectivity index (χ4v) is 3.50. The number of rotatable bonds is 5. The van der Waals surface area contributed by atoms with Gasteiger partial charge in [0.2, 0.25) is 0 Å². The number of aromatic amines is 1. The molecule has 4 rings (SSSR count). The van der Waals surface area contributed by atoms with E-state index in [1.165, 1.54) is 7.11 Å². The molecule has 3 aromatic carbocycles. The lowest BCUT2D eigenvalue weighted by Gasteiger charge is -2.14. The lowest BCUT2D eigenvalue weighted by Crippen LogP contribution is -2.36. The van der Waals surface area contributed by atoms with Gasteiger partial charge in [-0.15, -0.1) is 0 Å². The summed E-state index contributed by atoms with van der Waals surface area (Å²) in [6.07, 6.45) is 0. The van der Waals surface area contributed by atoms with Crippen LogP contribution < -0.4 is 20.7 Å². The Labute approximate surface area is 194 Å². The first-order valence-electron chi connectivity index (χ1n) is 9.55. The zero-order valence-corrected chi connectivity index (χ0v) is 18.0. The van der Waals surface area contributed by atoms with Crippen LogP contribution in [0.25, 0.3) is 16.5 Å². The molecule has 11 heteroatoms. The average molecular weight is 488 g/mol. The van der Waals surface area contributed by atoms with Crippen molar-refractivity contribution in [2.24, 2.45) is 0 Å². The lowest BCUT2D eigenvalue weighted by molar-refractivity contribution is 0.0892.